The van der Waals surface area contributed by atoms with Crippen LogP contribution in [0.5, 0.6) is 0 Å². The largest absolute Gasteiger partial charge is 0.318 e. The Morgan fingerprint density at radius 3 is 2.63 bits per heavy atom. The highest BCUT2D eigenvalue weighted by atomic mass is 35.5. The molecule has 0 saturated heterocycles. The zero-order valence-electron chi connectivity index (χ0n) is 15.2. The normalized spacial score (nSPS) is 15.9. The quantitative estimate of drug-likeness (QED) is 0.476. The van der Waals surface area contributed by atoms with Crippen LogP contribution in [0.4, 0.5) is 0 Å². The molecule has 140 valence electrons. The molecular formula is C19H19ClN4OS2. The summed E-state index contributed by atoms with van der Waals surface area (Å²) in [6.45, 7) is 6.74. The van der Waals surface area contributed by atoms with Crippen LogP contribution in [-0.4, -0.2) is 27.1 Å². The van der Waals surface area contributed by atoms with Crippen molar-refractivity contribution in [2.75, 3.05) is 6.61 Å². The lowest BCUT2D eigenvalue weighted by Crippen LogP contribution is -2.08. The van der Waals surface area contributed by atoms with Gasteiger partial charge in [0, 0.05) is 27.4 Å². The average Bonchev–Trinajstić information content (AvgIpc) is 3.12. The van der Waals surface area contributed by atoms with Gasteiger partial charge in [0.05, 0.1) is 12.3 Å². The third kappa shape index (κ3) is 3.23. The number of aliphatic imine (C=N–C) groups is 1. The monoisotopic (exact) mass is 418 g/mol. The molecule has 0 bridgehead atoms. The van der Waals surface area contributed by atoms with Gasteiger partial charge in [0.1, 0.15) is 16.9 Å². The van der Waals surface area contributed by atoms with E-state index in [1.165, 1.54) is 10.4 Å². The van der Waals surface area contributed by atoms with Gasteiger partial charge in [0.15, 0.2) is 5.82 Å². The van der Waals surface area contributed by atoms with Crippen LogP contribution in [0.25, 0.3) is 5.00 Å². The molecule has 3 aromatic rings. The van der Waals surface area contributed by atoms with Gasteiger partial charge in [-0.15, -0.1) is 21.5 Å². The molecule has 0 radical (unpaired) electrons. The summed E-state index contributed by atoms with van der Waals surface area (Å²) >= 11 is 11.7. The fraction of sp³-hybridized carbons (Fsp3) is 0.316. The van der Waals surface area contributed by atoms with Gasteiger partial charge in [-0.3, -0.25) is 9.56 Å². The summed E-state index contributed by atoms with van der Waals surface area (Å²) in [5.41, 5.74) is 4.36. The molecule has 0 N–H and O–H groups in total. The van der Waals surface area contributed by atoms with Crippen molar-refractivity contribution in [3.8, 4) is 5.00 Å². The van der Waals surface area contributed by atoms with Crippen molar-refractivity contribution in [2.24, 2.45) is 4.99 Å². The molecule has 1 aromatic carbocycles. The van der Waals surface area contributed by atoms with E-state index in [1.54, 1.807) is 11.3 Å². The lowest BCUT2D eigenvalue weighted by molar-refractivity contribution is 0.350. The van der Waals surface area contributed by atoms with Crippen molar-refractivity contribution < 1.29 is 4.18 Å². The molecule has 0 spiro atoms. The lowest BCUT2D eigenvalue weighted by atomic mass is 9.99. The van der Waals surface area contributed by atoms with Crippen molar-refractivity contribution in [2.45, 2.75) is 33.2 Å². The van der Waals surface area contributed by atoms with E-state index < -0.39 is 0 Å². The van der Waals surface area contributed by atoms with Crippen LogP contribution in [0, 0.1) is 20.8 Å². The van der Waals surface area contributed by atoms with Crippen LogP contribution < -0.4 is 0 Å². The van der Waals surface area contributed by atoms with E-state index >= 15 is 0 Å². The number of thiol groups is 1. The van der Waals surface area contributed by atoms with Crippen molar-refractivity contribution in [1.29, 1.82) is 0 Å². The number of hydrogen-bond donors (Lipinski definition) is 1. The van der Waals surface area contributed by atoms with E-state index in [-0.39, 0.29) is 6.04 Å². The summed E-state index contributed by atoms with van der Waals surface area (Å²) in [5, 5.41) is 10.6. The SMILES string of the molecule is Cc1sc2c(c1C)C(c1ccc(Cl)cc1)=N[C@@H](CCOS)c1nnc(C)n1-2. The number of aromatic nitrogens is 3. The summed E-state index contributed by atoms with van der Waals surface area (Å²) in [7, 11) is 0. The Balaban J connectivity index is 1.99. The van der Waals surface area contributed by atoms with E-state index in [2.05, 4.69) is 41.5 Å². The molecule has 0 fully saturated rings. The first-order valence-corrected chi connectivity index (χ1v) is 10.2. The molecule has 0 saturated carbocycles. The molecule has 4 rings (SSSR count). The first-order valence-electron chi connectivity index (χ1n) is 8.64. The topological polar surface area (TPSA) is 52.3 Å². The summed E-state index contributed by atoms with van der Waals surface area (Å²) in [5.74, 6) is 1.70. The molecule has 5 nitrogen and oxygen atoms in total. The maximum Gasteiger partial charge on any atom is 0.163 e. The van der Waals surface area contributed by atoms with Crippen molar-refractivity contribution in [3.63, 3.8) is 0 Å². The number of nitrogens with zero attached hydrogens (tertiary/aromatic N) is 4. The first-order chi connectivity index (χ1) is 13.0. The predicted molar refractivity (Wildman–Crippen MR) is 113 cm³/mol. The highest BCUT2D eigenvalue weighted by Gasteiger charge is 2.31. The number of benzene rings is 1. The maximum atomic E-state index is 6.11. The van der Waals surface area contributed by atoms with Crippen LogP contribution in [0.3, 0.4) is 0 Å². The highest BCUT2D eigenvalue weighted by Crippen LogP contribution is 2.39. The number of rotatable bonds is 4. The van der Waals surface area contributed by atoms with Gasteiger partial charge in [0.25, 0.3) is 0 Å². The zero-order chi connectivity index (χ0) is 19.1. The predicted octanol–water partition coefficient (Wildman–Crippen LogP) is 5.05. The van der Waals surface area contributed by atoms with Gasteiger partial charge < -0.3 is 4.18 Å². The maximum absolute atomic E-state index is 6.11. The molecule has 3 heterocycles. The smallest absolute Gasteiger partial charge is 0.163 e. The first kappa shape index (κ1) is 18.7. The Hall–Kier alpha value is -1.67. The average molecular weight is 419 g/mol. The zero-order valence-corrected chi connectivity index (χ0v) is 17.7. The fourth-order valence-electron chi connectivity index (χ4n) is 3.35. The molecule has 0 unspecified atom stereocenters. The van der Waals surface area contributed by atoms with Gasteiger partial charge >= 0.3 is 0 Å². The minimum atomic E-state index is -0.164. The van der Waals surface area contributed by atoms with E-state index in [1.807, 2.05) is 31.2 Å². The Labute approximate surface area is 172 Å². The molecule has 8 heteroatoms. The highest BCUT2D eigenvalue weighted by molar-refractivity contribution is 7.75. The number of thiophene rings is 1. The van der Waals surface area contributed by atoms with E-state index in [4.69, 9.17) is 20.8 Å². The fourth-order valence-corrected chi connectivity index (χ4v) is 4.80. The molecule has 27 heavy (non-hydrogen) atoms. The molecule has 2 aromatic heterocycles. The summed E-state index contributed by atoms with van der Waals surface area (Å²) in [6.07, 6.45) is 0.672. The molecule has 1 atom stereocenters. The number of hydrogen-bond acceptors (Lipinski definition) is 6. The van der Waals surface area contributed by atoms with E-state index in [0.717, 1.165) is 33.5 Å². The second kappa shape index (κ2) is 7.39. The summed E-state index contributed by atoms with van der Waals surface area (Å²) < 4.78 is 7.15. The van der Waals surface area contributed by atoms with Crippen LogP contribution in [0.1, 0.15) is 45.7 Å². The standard InChI is InChI=1S/C19H19ClN4OS2/c1-10-11(2)27-19-16(10)17(13-4-6-14(20)7-5-13)21-15(8-9-25-26)18-23-22-12(3)24(18)19/h4-7,15,26H,8-9H2,1-3H3/t15-/m0/s1. The second-order valence-corrected chi connectivity index (χ2v) is 8.42. The molecular weight excluding hydrogens is 400 g/mol. The Kier molecular flexibility index (Phi) is 5.11. The van der Waals surface area contributed by atoms with Crippen molar-refractivity contribution in [3.05, 3.63) is 62.5 Å². The molecule has 0 aliphatic carbocycles. The van der Waals surface area contributed by atoms with Crippen LogP contribution in [0.15, 0.2) is 29.3 Å². The Morgan fingerprint density at radius 2 is 1.93 bits per heavy atom. The minimum absolute atomic E-state index is 0.164. The van der Waals surface area contributed by atoms with Crippen LogP contribution in [-0.2, 0) is 4.18 Å². The Morgan fingerprint density at radius 1 is 1.19 bits per heavy atom. The van der Waals surface area contributed by atoms with Gasteiger partial charge in [-0.1, -0.05) is 23.7 Å². The van der Waals surface area contributed by atoms with Gasteiger partial charge in [0.2, 0.25) is 0 Å². The third-order valence-corrected chi connectivity index (χ3v) is 6.47. The molecule has 1 aliphatic rings. The van der Waals surface area contributed by atoms with Gasteiger partial charge in [-0.25, -0.2) is 0 Å². The van der Waals surface area contributed by atoms with E-state index in [0.29, 0.717) is 18.1 Å². The summed E-state index contributed by atoms with van der Waals surface area (Å²) in [6, 6.07) is 7.67. The number of aryl methyl sites for hydroxylation is 2. The second-order valence-electron chi connectivity index (χ2n) is 6.53. The minimum Gasteiger partial charge on any atom is -0.318 e. The molecule has 0 amide bonds. The lowest BCUT2D eigenvalue weighted by Gasteiger charge is -2.12. The summed E-state index contributed by atoms with van der Waals surface area (Å²) in [4.78, 5) is 6.39. The van der Waals surface area contributed by atoms with Crippen molar-refractivity contribution >= 4 is 41.6 Å². The van der Waals surface area contributed by atoms with Gasteiger partial charge in [-0.2, -0.15) is 0 Å². The number of fused-ring (bicyclic) bond motifs is 3. The number of halogens is 1. The molecule has 1 aliphatic heterocycles. The van der Waals surface area contributed by atoms with Gasteiger partial charge in [-0.05, 0) is 51.4 Å². The van der Waals surface area contributed by atoms with Crippen molar-refractivity contribution in [1.82, 2.24) is 14.8 Å². The van der Waals surface area contributed by atoms with Crippen LogP contribution in [0.2, 0.25) is 5.02 Å². The van der Waals surface area contributed by atoms with E-state index in [9.17, 15) is 0 Å². The third-order valence-electron chi connectivity index (χ3n) is 4.84. The Bertz CT molecular complexity index is 1020. The van der Waals surface area contributed by atoms with Crippen LogP contribution >= 0.6 is 35.8 Å².